The van der Waals surface area contributed by atoms with Crippen LogP contribution in [-0.2, 0) is 13.7 Å². The summed E-state index contributed by atoms with van der Waals surface area (Å²) < 4.78 is 7.49. The zero-order chi connectivity index (χ0) is 16.1. The van der Waals surface area contributed by atoms with Crippen LogP contribution in [0.3, 0.4) is 0 Å². The summed E-state index contributed by atoms with van der Waals surface area (Å²) in [6.07, 6.45) is 5.48. The molecule has 0 saturated heterocycles. The summed E-state index contributed by atoms with van der Waals surface area (Å²) >= 11 is 0. The van der Waals surface area contributed by atoms with Gasteiger partial charge in [0.15, 0.2) is 0 Å². The van der Waals surface area contributed by atoms with Crippen molar-refractivity contribution in [2.75, 3.05) is 5.32 Å². The van der Waals surface area contributed by atoms with Crippen LogP contribution in [-0.4, -0.2) is 19.7 Å². The van der Waals surface area contributed by atoms with Gasteiger partial charge in [0.2, 0.25) is 11.8 Å². The third-order valence-electron chi connectivity index (χ3n) is 3.43. The zero-order valence-corrected chi connectivity index (χ0v) is 13.2. The van der Waals surface area contributed by atoms with Gasteiger partial charge in [0.05, 0.1) is 12.2 Å². The van der Waals surface area contributed by atoms with Gasteiger partial charge in [0, 0.05) is 31.1 Å². The SMILES string of the molecule is C[C@@H](Nc1nccc(OCc2ccccc2)n1)c1cnn(C)c1. The molecule has 1 atom stereocenters. The van der Waals surface area contributed by atoms with Gasteiger partial charge in [-0.2, -0.15) is 10.1 Å². The summed E-state index contributed by atoms with van der Waals surface area (Å²) in [5.41, 5.74) is 2.18. The fourth-order valence-electron chi connectivity index (χ4n) is 2.16. The first kappa shape index (κ1) is 15.0. The maximum Gasteiger partial charge on any atom is 0.226 e. The van der Waals surface area contributed by atoms with Crippen LogP contribution in [0, 0.1) is 0 Å². The summed E-state index contributed by atoms with van der Waals surface area (Å²) in [5.74, 6) is 1.08. The van der Waals surface area contributed by atoms with Gasteiger partial charge in [-0.15, -0.1) is 0 Å². The smallest absolute Gasteiger partial charge is 0.226 e. The molecule has 1 N–H and O–H groups in total. The van der Waals surface area contributed by atoms with Gasteiger partial charge in [0.25, 0.3) is 0 Å². The maximum atomic E-state index is 5.72. The molecule has 0 aliphatic heterocycles. The van der Waals surface area contributed by atoms with E-state index in [2.05, 4.69) is 20.4 Å². The fraction of sp³-hybridized carbons (Fsp3) is 0.235. The molecule has 6 heteroatoms. The summed E-state index contributed by atoms with van der Waals surface area (Å²) in [4.78, 5) is 8.63. The predicted octanol–water partition coefficient (Wildman–Crippen LogP) is 2.96. The van der Waals surface area contributed by atoms with Crippen molar-refractivity contribution in [3.05, 3.63) is 66.1 Å². The minimum Gasteiger partial charge on any atom is -0.473 e. The molecule has 0 aliphatic rings. The molecule has 0 amide bonds. The van der Waals surface area contributed by atoms with Gasteiger partial charge in [-0.05, 0) is 12.5 Å². The predicted molar refractivity (Wildman–Crippen MR) is 88.1 cm³/mol. The molecule has 0 unspecified atom stereocenters. The molecule has 0 radical (unpaired) electrons. The first-order valence-electron chi connectivity index (χ1n) is 7.45. The molecule has 0 bridgehead atoms. The quantitative estimate of drug-likeness (QED) is 0.758. The number of hydrogen-bond acceptors (Lipinski definition) is 5. The first-order chi connectivity index (χ1) is 11.2. The molecule has 23 heavy (non-hydrogen) atoms. The molecule has 6 nitrogen and oxygen atoms in total. The Balaban J connectivity index is 1.63. The Morgan fingerprint density at radius 1 is 1.22 bits per heavy atom. The van der Waals surface area contributed by atoms with Crippen LogP contribution in [0.2, 0.25) is 0 Å². The van der Waals surface area contributed by atoms with E-state index in [4.69, 9.17) is 4.74 Å². The number of rotatable bonds is 6. The van der Waals surface area contributed by atoms with E-state index >= 15 is 0 Å². The Hall–Kier alpha value is -2.89. The van der Waals surface area contributed by atoms with Crippen molar-refractivity contribution in [2.45, 2.75) is 19.6 Å². The Morgan fingerprint density at radius 2 is 2.04 bits per heavy atom. The standard InChI is InChI=1S/C17H19N5O/c1-13(15-10-19-22(2)11-15)20-17-18-9-8-16(21-17)23-12-14-6-4-3-5-7-14/h3-11,13H,12H2,1-2H3,(H,18,20,21)/t13-/m1/s1. The van der Waals surface area contributed by atoms with Crippen molar-refractivity contribution in [1.82, 2.24) is 19.7 Å². The summed E-state index contributed by atoms with van der Waals surface area (Å²) in [7, 11) is 1.89. The van der Waals surface area contributed by atoms with E-state index in [-0.39, 0.29) is 6.04 Å². The number of nitrogens with zero attached hydrogens (tertiary/aromatic N) is 4. The van der Waals surface area contributed by atoms with Gasteiger partial charge in [-0.25, -0.2) is 4.98 Å². The van der Waals surface area contributed by atoms with Gasteiger partial charge < -0.3 is 10.1 Å². The van der Waals surface area contributed by atoms with E-state index in [0.29, 0.717) is 18.4 Å². The molecule has 1 aromatic carbocycles. The van der Waals surface area contributed by atoms with E-state index in [1.165, 1.54) is 0 Å². The van der Waals surface area contributed by atoms with Crippen molar-refractivity contribution in [1.29, 1.82) is 0 Å². The molecule has 0 spiro atoms. The third kappa shape index (κ3) is 4.06. The average Bonchev–Trinajstić information content (AvgIpc) is 3.01. The molecule has 3 rings (SSSR count). The monoisotopic (exact) mass is 309 g/mol. The summed E-state index contributed by atoms with van der Waals surface area (Å²) in [6, 6.07) is 11.8. The van der Waals surface area contributed by atoms with Crippen molar-refractivity contribution in [3.63, 3.8) is 0 Å². The highest BCUT2D eigenvalue weighted by molar-refractivity contribution is 5.31. The van der Waals surface area contributed by atoms with Gasteiger partial charge >= 0.3 is 0 Å². The van der Waals surface area contributed by atoms with E-state index in [9.17, 15) is 0 Å². The van der Waals surface area contributed by atoms with Crippen molar-refractivity contribution >= 4 is 5.95 Å². The highest BCUT2D eigenvalue weighted by Gasteiger charge is 2.09. The van der Waals surface area contributed by atoms with Gasteiger partial charge in [0.1, 0.15) is 6.61 Å². The van der Waals surface area contributed by atoms with Crippen molar-refractivity contribution < 1.29 is 4.74 Å². The topological polar surface area (TPSA) is 64.9 Å². The highest BCUT2D eigenvalue weighted by Crippen LogP contribution is 2.17. The number of ether oxygens (including phenoxy) is 1. The van der Waals surface area contributed by atoms with E-state index < -0.39 is 0 Å². The number of aryl methyl sites for hydroxylation is 1. The molecular weight excluding hydrogens is 290 g/mol. The van der Waals surface area contributed by atoms with Crippen LogP contribution >= 0.6 is 0 Å². The lowest BCUT2D eigenvalue weighted by molar-refractivity contribution is 0.293. The molecule has 2 heterocycles. The summed E-state index contributed by atoms with van der Waals surface area (Å²) in [6.45, 7) is 2.52. The number of nitrogens with one attached hydrogen (secondary N) is 1. The highest BCUT2D eigenvalue weighted by atomic mass is 16.5. The number of benzene rings is 1. The minimum absolute atomic E-state index is 0.0630. The zero-order valence-electron chi connectivity index (χ0n) is 13.2. The lowest BCUT2D eigenvalue weighted by Gasteiger charge is -2.12. The molecule has 3 aromatic rings. The molecular formula is C17H19N5O. The summed E-state index contributed by atoms with van der Waals surface area (Å²) in [5, 5.41) is 7.43. The third-order valence-corrected chi connectivity index (χ3v) is 3.43. The normalized spacial score (nSPS) is 11.9. The fourth-order valence-corrected chi connectivity index (χ4v) is 2.16. The van der Waals surface area contributed by atoms with Crippen LogP contribution in [0.4, 0.5) is 5.95 Å². The lowest BCUT2D eigenvalue weighted by atomic mass is 10.2. The Labute approximate surface area is 135 Å². The van der Waals surface area contributed by atoms with Crippen LogP contribution < -0.4 is 10.1 Å². The van der Waals surface area contributed by atoms with Crippen LogP contribution in [0.25, 0.3) is 0 Å². The molecule has 0 fully saturated rings. The average molecular weight is 309 g/mol. The van der Waals surface area contributed by atoms with Crippen LogP contribution in [0.1, 0.15) is 24.1 Å². The van der Waals surface area contributed by atoms with E-state index in [1.807, 2.05) is 56.7 Å². The lowest BCUT2D eigenvalue weighted by Crippen LogP contribution is -2.09. The van der Waals surface area contributed by atoms with Crippen LogP contribution in [0.15, 0.2) is 55.0 Å². The van der Waals surface area contributed by atoms with Gasteiger partial charge in [-0.3, -0.25) is 4.68 Å². The number of hydrogen-bond donors (Lipinski definition) is 1. The van der Waals surface area contributed by atoms with Gasteiger partial charge in [-0.1, -0.05) is 30.3 Å². The van der Waals surface area contributed by atoms with Crippen molar-refractivity contribution in [3.8, 4) is 5.88 Å². The second kappa shape index (κ2) is 6.91. The van der Waals surface area contributed by atoms with Crippen LogP contribution in [0.5, 0.6) is 5.88 Å². The molecule has 118 valence electrons. The largest absolute Gasteiger partial charge is 0.473 e. The van der Waals surface area contributed by atoms with E-state index in [0.717, 1.165) is 11.1 Å². The first-order valence-corrected chi connectivity index (χ1v) is 7.45. The minimum atomic E-state index is 0.0630. The second-order valence-corrected chi connectivity index (χ2v) is 5.31. The molecule has 0 saturated carbocycles. The molecule has 0 aliphatic carbocycles. The van der Waals surface area contributed by atoms with Crippen molar-refractivity contribution in [2.24, 2.45) is 7.05 Å². The Kier molecular flexibility index (Phi) is 4.52. The Bertz CT molecular complexity index is 756. The number of aromatic nitrogens is 4. The number of anilines is 1. The van der Waals surface area contributed by atoms with E-state index in [1.54, 1.807) is 16.9 Å². The molecule has 2 aromatic heterocycles. The Morgan fingerprint density at radius 3 is 2.78 bits per heavy atom. The second-order valence-electron chi connectivity index (χ2n) is 5.31. The maximum absolute atomic E-state index is 5.72.